The molecule has 0 amide bonds. The van der Waals surface area contributed by atoms with Gasteiger partial charge in [-0.3, -0.25) is 0 Å². The Morgan fingerprint density at radius 2 is 1.80 bits per heavy atom. The zero-order chi connectivity index (χ0) is 10.5. The topological polar surface area (TPSA) is 9.23 Å². The van der Waals surface area contributed by atoms with Crippen molar-refractivity contribution in [3.05, 3.63) is 42.5 Å². The second kappa shape index (κ2) is 4.83. The van der Waals surface area contributed by atoms with Crippen LogP contribution >= 0.6 is 0 Å². The molecule has 0 unspecified atom stereocenters. The molecule has 0 radical (unpaired) electrons. The van der Waals surface area contributed by atoms with Gasteiger partial charge in [-0.05, 0) is 29.3 Å². The zero-order valence-corrected chi connectivity index (χ0v) is 9.07. The van der Waals surface area contributed by atoms with E-state index in [1.165, 1.54) is 17.2 Å². The van der Waals surface area contributed by atoms with Crippen LogP contribution < -0.4 is 4.74 Å². The van der Waals surface area contributed by atoms with Crippen LogP contribution in [-0.2, 0) is 0 Å². The van der Waals surface area contributed by atoms with Crippen LogP contribution in [0.2, 0.25) is 0 Å². The summed E-state index contributed by atoms with van der Waals surface area (Å²) in [5.41, 5.74) is 0. The molecular weight excluding hydrogens is 184 g/mol. The van der Waals surface area contributed by atoms with Crippen molar-refractivity contribution in [1.82, 2.24) is 0 Å². The molecule has 0 aromatic heterocycles. The Balaban J connectivity index is 2.16. The molecule has 15 heavy (non-hydrogen) atoms. The van der Waals surface area contributed by atoms with Gasteiger partial charge in [0, 0.05) is 0 Å². The highest BCUT2D eigenvalue weighted by Gasteiger charge is 1.96. The lowest BCUT2D eigenvalue weighted by Crippen LogP contribution is -1.95. The van der Waals surface area contributed by atoms with E-state index in [4.69, 9.17) is 4.74 Å². The van der Waals surface area contributed by atoms with Crippen LogP contribution in [0.25, 0.3) is 10.8 Å². The van der Waals surface area contributed by atoms with Gasteiger partial charge >= 0.3 is 0 Å². The molecule has 0 spiro atoms. The summed E-state index contributed by atoms with van der Waals surface area (Å²) in [5.74, 6) is 0.974. The first kappa shape index (κ1) is 10.0. The van der Waals surface area contributed by atoms with E-state index in [9.17, 15) is 0 Å². The van der Waals surface area contributed by atoms with Gasteiger partial charge in [-0.25, -0.2) is 0 Å². The molecule has 78 valence electrons. The molecule has 2 aromatic rings. The Morgan fingerprint density at radius 1 is 1.00 bits per heavy atom. The predicted molar refractivity (Wildman–Crippen MR) is 64.4 cm³/mol. The molecule has 1 nitrogen and oxygen atoms in total. The summed E-state index contributed by atoms with van der Waals surface area (Å²) in [5, 5.41) is 2.51. The second-order valence-electron chi connectivity index (χ2n) is 3.71. The standard InChI is InChI=1S/C14H16O/c1-2-3-10-15-14-9-8-12-6-4-5-7-13(12)11-14/h4-9,11H,2-3,10H2,1H3. The number of hydrogen-bond acceptors (Lipinski definition) is 1. The molecule has 0 fully saturated rings. The first-order valence-corrected chi connectivity index (χ1v) is 5.52. The quantitative estimate of drug-likeness (QED) is 0.677. The minimum absolute atomic E-state index is 0.814. The van der Waals surface area contributed by atoms with Crippen molar-refractivity contribution in [1.29, 1.82) is 0 Å². The van der Waals surface area contributed by atoms with Gasteiger partial charge in [0.15, 0.2) is 0 Å². The van der Waals surface area contributed by atoms with Crippen molar-refractivity contribution in [2.75, 3.05) is 6.61 Å². The smallest absolute Gasteiger partial charge is 0.119 e. The fourth-order valence-corrected chi connectivity index (χ4v) is 1.59. The van der Waals surface area contributed by atoms with Gasteiger partial charge < -0.3 is 4.74 Å². The normalized spacial score (nSPS) is 10.5. The van der Waals surface area contributed by atoms with Crippen LogP contribution in [0.5, 0.6) is 5.75 Å². The van der Waals surface area contributed by atoms with Gasteiger partial charge in [-0.1, -0.05) is 43.7 Å². The Kier molecular flexibility index (Phi) is 3.23. The van der Waals surface area contributed by atoms with Crippen LogP contribution in [0.4, 0.5) is 0 Å². The number of hydrogen-bond donors (Lipinski definition) is 0. The summed E-state index contributed by atoms with van der Waals surface area (Å²) >= 11 is 0. The van der Waals surface area contributed by atoms with Crippen LogP contribution in [0, 0.1) is 0 Å². The Hall–Kier alpha value is -1.50. The van der Waals surface area contributed by atoms with E-state index in [-0.39, 0.29) is 0 Å². The van der Waals surface area contributed by atoms with E-state index < -0.39 is 0 Å². The molecule has 0 aliphatic rings. The van der Waals surface area contributed by atoms with Gasteiger partial charge in [0.1, 0.15) is 5.75 Å². The minimum atomic E-state index is 0.814. The maximum Gasteiger partial charge on any atom is 0.119 e. The highest BCUT2D eigenvalue weighted by Crippen LogP contribution is 2.20. The summed E-state index contributed by atoms with van der Waals surface area (Å²) in [6.07, 6.45) is 2.29. The number of rotatable bonds is 4. The number of ether oxygens (including phenoxy) is 1. The highest BCUT2D eigenvalue weighted by atomic mass is 16.5. The molecule has 0 saturated heterocycles. The summed E-state index contributed by atoms with van der Waals surface area (Å²) in [7, 11) is 0. The largest absolute Gasteiger partial charge is 0.494 e. The molecule has 2 rings (SSSR count). The molecule has 1 heteroatoms. The van der Waals surface area contributed by atoms with Gasteiger partial charge in [-0.15, -0.1) is 0 Å². The lowest BCUT2D eigenvalue weighted by molar-refractivity contribution is 0.310. The third-order valence-corrected chi connectivity index (χ3v) is 2.49. The van der Waals surface area contributed by atoms with Gasteiger partial charge in [0.05, 0.1) is 6.61 Å². The van der Waals surface area contributed by atoms with E-state index in [1.54, 1.807) is 0 Å². The number of benzene rings is 2. The van der Waals surface area contributed by atoms with Crippen molar-refractivity contribution < 1.29 is 4.74 Å². The molecule has 0 N–H and O–H groups in total. The molecule has 2 aromatic carbocycles. The van der Waals surface area contributed by atoms with Gasteiger partial charge in [0.25, 0.3) is 0 Å². The Bertz CT molecular complexity index is 434. The van der Waals surface area contributed by atoms with Crippen molar-refractivity contribution in [2.24, 2.45) is 0 Å². The van der Waals surface area contributed by atoms with Crippen molar-refractivity contribution in [3.8, 4) is 5.75 Å². The summed E-state index contributed by atoms with van der Waals surface area (Å²) in [4.78, 5) is 0. The summed E-state index contributed by atoms with van der Waals surface area (Å²) in [6, 6.07) is 14.6. The van der Waals surface area contributed by atoms with Gasteiger partial charge in [0.2, 0.25) is 0 Å². The Morgan fingerprint density at radius 3 is 2.60 bits per heavy atom. The van der Waals surface area contributed by atoms with E-state index in [2.05, 4.69) is 43.3 Å². The lowest BCUT2D eigenvalue weighted by Gasteiger charge is -2.06. The average Bonchev–Trinajstić information content (AvgIpc) is 2.29. The first-order chi connectivity index (χ1) is 7.40. The van der Waals surface area contributed by atoms with E-state index in [1.807, 2.05) is 6.07 Å². The minimum Gasteiger partial charge on any atom is -0.494 e. The lowest BCUT2D eigenvalue weighted by atomic mass is 10.1. The van der Waals surface area contributed by atoms with Crippen molar-refractivity contribution >= 4 is 10.8 Å². The van der Waals surface area contributed by atoms with E-state index >= 15 is 0 Å². The first-order valence-electron chi connectivity index (χ1n) is 5.52. The van der Waals surface area contributed by atoms with Crippen LogP contribution in [0.1, 0.15) is 19.8 Å². The number of fused-ring (bicyclic) bond motifs is 1. The maximum absolute atomic E-state index is 5.65. The van der Waals surface area contributed by atoms with Crippen molar-refractivity contribution in [2.45, 2.75) is 19.8 Å². The molecule has 0 bridgehead atoms. The number of unbranched alkanes of at least 4 members (excludes halogenated alkanes) is 1. The van der Waals surface area contributed by atoms with E-state index in [0.29, 0.717) is 0 Å². The highest BCUT2D eigenvalue weighted by molar-refractivity contribution is 5.83. The second-order valence-corrected chi connectivity index (χ2v) is 3.71. The molecule has 0 saturated carbocycles. The molecule has 0 aliphatic carbocycles. The maximum atomic E-state index is 5.65. The zero-order valence-electron chi connectivity index (χ0n) is 9.07. The third-order valence-electron chi connectivity index (χ3n) is 2.49. The molecule has 0 aliphatic heterocycles. The summed E-state index contributed by atoms with van der Waals surface area (Å²) in [6.45, 7) is 2.98. The Labute approximate surface area is 90.7 Å². The fourth-order valence-electron chi connectivity index (χ4n) is 1.59. The molecule has 0 heterocycles. The fraction of sp³-hybridized carbons (Fsp3) is 0.286. The molecule has 0 atom stereocenters. The predicted octanol–water partition coefficient (Wildman–Crippen LogP) is 4.02. The SMILES string of the molecule is CCCCOc1ccc2ccccc2c1. The summed E-state index contributed by atoms with van der Waals surface area (Å²) < 4.78 is 5.65. The average molecular weight is 200 g/mol. The van der Waals surface area contributed by atoms with Crippen LogP contribution in [0.3, 0.4) is 0 Å². The van der Waals surface area contributed by atoms with Gasteiger partial charge in [-0.2, -0.15) is 0 Å². The molecular formula is C14H16O. The van der Waals surface area contributed by atoms with Crippen LogP contribution in [0.15, 0.2) is 42.5 Å². The van der Waals surface area contributed by atoms with Crippen molar-refractivity contribution in [3.63, 3.8) is 0 Å². The van der Waals surface area contributed by atoms with Crippen LogP contribution in [-0.4, -0.2) is 6.61 Å². The van der Waals surface area contributed by atoms with E-state index in [0.717, 1.165) is 18.8 Å². The third kappa shape index (κ3) is 2.50. The monoisotopic (exact) mass is 200 g/mol.